The molecule has 0 aliphatic rings. The second-order valence-corrected chi connectivity index (χ2v) is 3.70. The molecule has 16 heavy (non-hydrogen) atoms. The molecular weight excluding hydrogens is 206 g/mol. The van der Waals surface area contributed by atoms with Gasteiger partial charge in [0.05, 0.1) is 10.4 Å². The molecule has 0 spiro atoms. The van der Waals surface area contributed by atoms with E-state index in [2.05, 4.69) is 4.98 Å². The third-order valence-corrected chi connectivity index (χ3v) is 2.33. The standard InChI is InChI=1S/C11H11N3O2/c1-13(2)11-6-3-8-7-9(14(15)16)4-5-10(8)12-11/h3-7H,1-2H3. The van der Waals surface area contributed by atoms with E-state index in [1.165, 1.54) is 12.1 Å². The zero-order valence-electron chi connectivity index (χ0n) is 9.04. The maximum atomic E-state index is 10.6. The highest BCUT2D eigenvalue weighted by Gasteiger charge is 2.07. The van der Waals surface area contributed by atoms with Crippen LogP contribution >= 0.6 is 0 Å². The smallest absolute Gasteiger partial charge is 0.270 e. The minimum Gasteiger partial charge on any atom is -0.363 e. The lowest BCUT2D eigenvalue weighted by atomic mass is 10.2. The van der Waals surface area contributed by atoms with Gasteiger partial charge >= 0.3 is 0 Å². The van der Waals surface area contributed by atoms with Crippen molar-refractivity contribution < 1.29 is 4.92 Å². The molecule has 0 amide bonds. The molecule has 0 aliphatic carbocycles. The van der Waals surface area contributed by atoms with Crippen molar-refractivity contribution in [2.75, 3.05) is 19.0 Å². The largest absolute Gasteiger partial charge is 0.363 e. The van der Waals surface area contributed by atoms with Crippen molar-refractivity contribution in [1.82, 2.24) is 4.98 Å². The molecule has 5 heteroatoms. The van der Waals surface area contributed by atoms with Crippen LogP contribution in [0.4, 0.5) is 11.5 Å². The number of hydrogen-bond donors (Lipinski definition) is 0. The second-order valence-electron chi connectivity index (χ2n) is 3.70. The Bertz CT molecular complexity index is 552. The number of fused-ring (bicyclic) bond motifs is 1. The molecule has 82 valence electrons. The topological polar surface area (TPSA) is 59.3 Å². The Labute approximate surface area is 92.5 Å². The normalized spacial score (nSPS) is 10.4. The van der Waals surface area contributed by atoms with Gasteiger partial charge in [-0.3, -0.25) is 10.1 Å². The molecule has 2 aromatic rings. The van der Waals surface area contributed by atoms with Crippen LogP contribution in [0.2, 0.25) is 0 Å². The number of nitrogens with zero attached hydrogens (tertiary/aromatic N) is 3. The number of pyridine rings is 1. The Hall–Kier alpha value is -2.17. The van der Waals surface area contributed by atoms with E-state index >= 15 is 0 Å². The summed E-state index contributed by atoms with van der Waals surface area (Å²) in [6, 6.07) is 8.34. The van der Waals surface area contributed by atoms with Crippen LogP contribution in [-0.2, 0) is 0 Å². The first-order valence-electron chi connectivity index (χ1n) is 4.80. The molecule has 2 rings (SSSR count). The van der Waals surface area contributed by atoms with Crippen molar-refractivity contribution >= 4 is 22.4 Å². The van der Waals surface area contributed by atoms with Crippen LogP contribution in [0.5, 0.6) is 0 Å². The van der Waals surface area contributed by atoms with E-state index in [1.54, 1.807) is 6.07 Å². The van der Waals surface area contributed by atoms with Crippen LogP contribution in [0.15, 0.2) is 30.3 Å². The molecule has 0 unspecified atom stereocenters. The van der Waals surface area contributed by atoms with Gasteiger partial charge in [-0.1, -0.05) is 0 Å². The fourth-order valence-corrected chi connectivity index (χ4v) is 1.46. The summed E-state index contributed by atoms with van der Waals surface area (Å²) < 4.78 is 0. The number of nitro benzene ring substituents is 1. The van der Waals surface area contributed by atoms with Gasteiger partial charge in [-0.25, -0.2) is 4.98 Å². The summed E-state index contributed by atoms with van der Waals surface area (Å²) in [5.41, 5.74) is 0.851. The number of non-ortho nitro benzene ring substituents is 1. The fourth-order valence-electron chi connectivity index (χ4n) is 1.46. The van der Waals surface area contributed by atoms with Crippen LogP contribution in [0, 0.1) is 10.1 Å². The highest BCUT2D eigenvalue weighted by Crippen LogP contribution is 2.21. The van der Waals surface area contributed by atoms with Gasteiger partial charge < -0.3 is 4.90 Å². The van der Waals surface area contributed by atoms with Crippen molar-refractivity contribution in [2.24, 2.45) is 0 Å². The van der Waals surface area contributed by atoms with E-state index in [1.807, 2.05) is 31.1 Å². The number of aromatic nitrogens is 1. The molecule has 1 aromatic heterocycles. The van der Waals surface area contributed by atoms with E-state index in [0.29, 0.717) is 0 Å². The van der Waals surface area contributed by atoms with Gasteiger partial charge in [-0.05, 0) is 18.2 Å². The predicted molar refractivity (Wildman–Crippen MR) is 62.7 cm³/mol. The maximum Gasteiger partial charge on any atom is 0.270 e. The van der Waals surface area contributed by atoms with Gasteiger partial charge in [0, 0.05) is 31.6 Å². The van der Waals surface area contributed by atoms with Gasteiger partial charge in [0.2, 0.25) is 0 Å². The zero-order valence-corrected chi connectivity index (χ0v) is 9.04. The van der Waals surface area contributed by atoms with Gasteiger partial charge in [-0.15, -0.1) is 0 Å². The third kappa shape index (κ3) is 1.79. The Balaban J connectivity index is 2.57. The quantitative estimate of drug-likeness (QED) is 0.571. The lowest BCUT2D eigenvalue weighted by molar-refractivity contribution is -0.384. The van der Waals surface area contributed by atoms with Gasteiger partial charge in [0.15, 0.2) is 0 Å². The van der Waals surface area contributed by atoms with Crippen LogP contribution in [0.25, 0.3) is 10.9 Å². The molecule has 0 saturated carbocycles. The number of nitro groups is 1. The second kappa shape index (κ2) is 3.77. The SMILES string of the molecule is CN(C)c1ccc2cc([N+](=O)[O-])ccc2n1. The highest BCUT2D eigenvalue weighted by atomic mass is 16.6. The predicted octanol–water partition coefficient (Wildman–Crippen LogP) is 2.21. The van der Waals surface area contributed by atoms with Crippen molar-refractivity contribution in [3.8, 4) is 0 Å². The minimum absolute atomic E-state index is 0.0897. The summed E-state index contributed by atoms with van der Waals surface area (Å²) in [5.74, 6) is 0.835. The number of benzene rings is 1. The minimum atomic E-state index is -0.403. The first kappa shape index (κ1) is 10.4. The number of hydrogen-bond acceptors (Lipinski definition) is 4. The Morgan fingerprint density at radius 1 is 1.25 bits per heavy atom. The molecule has 5 nitrogen and oxygen atoms in total. The summed E-state index contributed by atoms with van der Waals surface area (Å²) in [5, 5.41) is 11.4. The Morgan fingerprint density at radius 2 is 2.00 bits per heavy atom. The highest BCUT2D eigenvalue weighted by molar-refractivity contribution is 5.82. The average Bonchev–Trinajstić information content (AvgIpc) is 2.27. The van der Waals surface area contributed by atoms with Crippen LogP contribution < -0.4 is 4.90 Å². The fraction of sp³-hybridized carbons (Fsp3) is 0.182. The first-order chi connectivity index (χ1) is 7.58. The first-order valence-corrected chi connectivity index (χ1v) is 4.80. The van der Waals surface area contributed by atoms with Crippen LogP contribution in [0.3, 0.4) is 0 Å². The molecule has 0 atom stereocenters. The van der Waals surface area contributed by atoms with Crippen molar-refractivity contribution in [1.29, 1.82) is 0 Å². The Morgan fingerprint density at radius 3 is 2.62 bits per heavy atom. The molecular formula is C11H11N3O2. The van der Waals surface area contributed by atoms with E-state index in [4.69, 9.17) is 0 Å². The molecule has 0 aliphatic heterocycles. The molecule has 0 saturated heterocycles. The van der Waals surface area contributed by atoms with Crippen LogP contribution in [-0.4, -0.2) is 24.0 Å². The molecule has 1 aromatic carbocycles. The maximum absolute atomic E-state index is 10.6. The van der Waals surface area contributed by atoms with E-state index in [9.17, 15) is 10.1 Å². The molecule has 0 bridgehead atoms. The number of rotatable bonds is 2. The van der Waals surface area contributed by atoms with Crippen LogP contribution in [0.1, 0.15) is 0 Å². The summed E-state index contributed by atoms with van der Waals surface area (Å²) in [6.07, 6.45) is 0. The van der Waals surface area contributed by atoms with Gasteiger partial charge in [0.25, 0.3) is 5.69 Å². The summed E-state index contributed by atoms with van der Waals surface area (Å²) in [6.45, 7) is 0. The molecule has 0 radical (unpaired) electrons. The molecule has 0 N–H and O–H groups in total. The van der Waals surface area contributed by atoms with Crippen molar-refractivity contribution in [2.45, 2.75) is 0 Å². The third-order valence-electron chi connectivity index (χ3n) is 2.33. The van der Waals surface area contributed by atoms with Crippen molar-refractivity contribution in [3.05, 3.63) is 40.4 Å². The number of anilines is 1. The summed E-state index contributed by atoms with van der Waals surface area (Å²) in [7, 11) is 3.80. The monoisotopic (exact) mass is 217 g/mol. The van der Waals surface area contributed by atoms with Crippen molar-refractivity contribution in [3.63, 3.8) is 0 Å². The van der Waals surface area contributed by atoms with E-state index < -0.39 is 4.92 Å². The Kier molecular flexibility index (Phi) is 2.44. The lowest BCUT2D eigenvalue weighted by Gasteiger charge is -2.11. The zero-order chi connectivity index (χ0) is 11.7. The van der Waals surface area contributed by atoms with E-state index in [-0.39, 0.29) is 5.69 Å². The molecule has 1 heterocycles. The lowest BCUT2D eigenvalue weighted by Crippen LogP contribution is -2.10. The average molecular weight is 217 g/mol. The van der Waals surface area contributed by atoms with Gasteiger partial charge in [-0.2, -0.15) is 0 Å². The molecule has 0 fully saturated rings. The van der Waals surface area contributed by atoms with E-state index in [0.717, 1.165) is 16.7 Å². The summed E-state index contributed by atoms with van der Waals surface area (Å²) in [4.78, 5) is 16.5. The van der Waals surface area contributed by atoms with Gasteiger partial charge in [0.1, 0.15) is 5.82 Å². The summed E-state index contributed by atoms with van der Waals surface area (Å²) >= 11 is 0.